The van der Waals surface area contributed by atoms with Crippen LogP contribution in [0.3, 0.4) is 0 Å². The van der Waals surface area contributed by atoms with Crippen molar-refractivity contribution in [3.63, 3.8) is 0 Å². The third-order valence-electron chi connectivity index (χ3n) is 4.92. The second-order valence-corrected chi connectivity index (χ2v) is 6.62. The second kappa shape index (κ2) is 5.45. The van der Waals surface area contributed by atoms with Crippen molar-refractivity contribution < 1.29 is 4.79 Å². The molecule has 1 amide bonds. The zero-order chi connectivity index (χ0) is 16.0. The van der Waals surface area contributed by atoms with Crippen LogP contribution >= 0.6 is 0 Å². The predicted molar refractivity (Wildman–Crippen MR) is 86.0 cm³/mol. The Balaban J connectivity index is 1.58. The summed E-state index contributed by atoms with van der Waals surface area (Å²) in [7, 11) is 1.96. The zero-order valence-electron chi connectivity index (χ0n) is 13.2. The topological polar surface area (TPSA) is 77.0 Å². The molecule has 1 saturated heterocycles. The van der Waals surface area contributed by atoms with E-state index in [1.54, 1.807) is 12.5 Å². The summed E-state index contributed by atoms with van der Waals surface area (Å²) in [6.45, 7) is 1.21. The minimum absolute atomic E-state index is 0.0557. The van der Waals surface area contributed by atoms with E-state index in [4.69, 9.17) is 5.73 Å². The molecule has 6 heteroatoms. The Labute approximate surface area is 135 Å². The molecule has 2 N–H and O–H groups in total. The monoisotopic (exact) mass is 311 g/mol. The molecule has 0 bridgehead atoms. The van der Waals surface area contributed by atoms with E-state index in [0.717, 1.165) is 29.8 Å². The van der Waals surface area contributed by atoms with E-state index in [9.17, 15) is 4.79 Å². The first-order valence-corrected chi connectivity index (χ1v) is 8.11. The number of nitrogens with zero attached hydrogens (tertiary/aromatic N) is 4. The van der Waals surface area contributed by atoms with Crippen LogP contribution in [-0.4, -0.2) is 44.5 Å². The van der Waals surface area contributed by atoms with Crippen LogP contribution in [0.4, 0.5) is 0 Å². The van der Waals surface area contributed by atoms with Gasteiger partial charge in [0.2, 0.25) is 0 Å². The molecular weight excluding hydrogens is 290 g/mol. The summed E-state index contributed by atoms with van der Waals surface area (Å²) < 4.78 is 1.98. The van der Waals surface area contributed by atoms with Crippen molar-refractivity contribution in [3.05, 3.63) is 47.8 Å². The van der Waals surface area contributed by atoms with Gasteiger partial charge < -0.3 is 15.2 Å². The summed E-state index contributed by atoms with van der Waals surface area (Å²) in [6, 6.07) is 3.68. The number of nitrogens with two attached hydrogens (primary N) is 1. The Morgan fingerprint density at radius 3 is 2.87 bits per heavy atom. The van der Waals surface area contributed by atoms with E-state index in [0.29, 0.717) is 19.0 Å². The average molecular weight is 311 g/mol. The Hall–Kier alpha value is -2.21. The molecule has 3 heterocycles. The van der Waals surface area contributed by atoms with Crippen LogP contribution < -0.4 is 5.73 Å². The molecule has 4 rings (SSSR count). The number of hydrogen-bond donors (Lipinski definition) is 1. The molecule has 1 aliphatic carbocycles. The van der Waals surface area contributed by atoms with Gasteiger partial charge in [0, 0.05) is 56.1 Å². The number of carbonyl (C=O) groups excluding carboxylic acids is 1. The van der Waals surface area contributed by atoms with E-state index in [-0.39, 0.29) is 17.9 Å². The predicted octanol–water partition coefficient (Wildman–Crippen LogP) is 1.26. The molecule has 2 fully saturated rings. The van der Waals surface area contributed by atoms with Crippen molar-refractivity contribution in [1.82, 2.24) is 19.4 Å². The van der Waals surface area contributed by atoms with Crippen molar-refractivity contribution in [2.45, 2.75) is 30.7 Å². The summed E-state index contributed by atoms with van der Waals surface area (Å²) in [5.74, 6) is 0.645. The molecule has 23 heavy (non-hydrogen) atoms. The van der Waals surface area contributed by atoms with Crippen LogP contribution in [0.15, 0.2) is 30.9 Å². The highest BCUT2D eigenvalue weighted by molar-refractivity contribution is 5.95. The summed E-state index contributed by atoms with van der Waals surface area (Å²) in [6.07, 6.45) is 7.67. The van der Waals surface area contributed by atoms with Gasteiger partial charge in [0.05, 0.1) is 17.6 Å². The number of rotatable bonds is 3. The van der Waals surface area contributed by atoms with Gasteiger partial charge in [-0.25, -0.2) is 4.98 Å². The van der Waals surface area contributed by atoms with Crippen molar-refractivity contribution in [1.29, 1.82) is 0 Å². The molecule has 0 radical (unpaired) electrons. The van der Waals surface area contributed by atoms with E-state index < -0.39 is 0 Å². The molecule has 2 aromatic heterocycles. The van der Waals surface area contributed by atoms with Gasteiger partial charge in [0.15, 0.2) is 0 Å². The molecule has 1 saturated carbocycles. The minimum Gasteiger partial charge on any atom is -0.337 e. The fraction of sp³-hybridized carbons (Fsp3) is 0.471. The van der Waals surface area contributed by atoms with Gasteiger partial charge in [0.1, 0.15) is 0 Å². The quantitative estimate of drug-likeness (QED) is 0.926. The fourth-order valence-electron chi connectivity index (χ4n) is 3.48. The van der Waals surface area contributed by atoms with Crippen LogP contribution in [0.1, 0.15) is 46.4 Å². The number of pyridine rings is 1. The van der Waals surface area contributed by atoms with Gasteiger partial charge in [-0.3, -0.25) is 9.78 Å². The van der Waals surface area contributed by atoms with Crippen LogP contribution in [0.5, 0.6) is 0 Å². The number of amides is 1. The van der Waals surface area contributed by atoms with Gasteiger partial charge in [-0.15, -0.1) is 0 Å². The number of carbonyl (C=O) groups is 1. The maximum atomic E-state index is 13.0. The third kappa shape index (κ3) is 2.53. The SMILES string of the molecule is Cn1cncc1[C@@H]1CN(C(=O)c2cccnc2C2CC2)C[C@H]1N. The zero-order valence-corrected chi connectivity index (χ0v) is 13.2. The Bertz CT molecular complexity index is 736. The third-order valence-corrected chi connectivity index (χ3v) is 4.92. The Morgan fingerprint density at radius 1 is 1.35 bits per heavy atom. The van der Waals surface area contributed by atoms with Crippen LogP contribution in [0.25, 0.3) is 0 Å². The lowest BCUT2D eigenvalue weighted by atomic mass is 10.0. The first-order chi connectivity index (χ1) is 11.1. The molecule has 0 spiro atoms. The lowest BCUT2D eigenvalue weighted by Gasteiger charge is -2.18. The highest BCUT2D eigenvalue weighted by Crippen LogP contribution is 2.41. The van der Waals surface area contributed by atoms with Crippen LogP contribution in [0, 0.1) is 0 Å². The molecule has 0 unspecified atom stereocenters. The van der Waals surface area contributed by atoms with Crippen LogP contribution in [0.2, 0.25) is 0 Å². The summed E-state index contributed by atoms with van der Waals surface area (Å²) in [4.78, 5) is 23.4. The molecule has 2 aromatic rings. The molecule has 1 aliphatic heterocycles. The molecule has 2 aliphatic rings. The van der Waals surface area contributed by atoms with Crippen molar-refractivity contribution in [2.24, 2.45) is 12.8 Å². The van der Waals surface area contributed by atoms with E-state index in [1.807, 2.05) is 34.8 Å². The molecule has 120 valence electrons. The van der Waals surface area contributed by atoms with Crippen molar-refractivity contribution in [2.75, 3.05) is 13.1 Å². The van der Waals surface area contributed by atoms with E-state index in [2.05, 4.69) is 9.97 Å². The van der Waals surface area contributed by atoms with Gasteiger partial charge in [-0.1, -0.05) is 0 Å². The maximum Gasteiger partial charge on any atom is 0.255 e. The highest BCUT2D eigenvalue weighted by atomic mass is 16.2. The highest BCUT2D eigenvalue weighted by Gasteiger charge is 2.37. The van der Waals surface area contributed by atoms with Gasteiger partial charge in [-0.2, -0.15) is 0 Å². The lowest BCUT2D eigenvalue weighted by molar-refractivity contribution is 0.0787. The molecule has 6 nitrogen and oxygen atoms in total. The number of hydrogen-bond acceptors (Lipinski definition) is 4. The number of aryl methyl sites for hydroxylation is 1. The summed E-state index contributed by atoms with van der Waals surface area (Å²) in [5, 5.41) is 0. The fourth-order valence-corrected chi connectivity index (χ4v) is 3.48. The average Bonchev–Trinajstić information content (AvgIpc) is 3.22. The van der Waals surface area contributed by atoms with E-state index in [1.165, 1.54) is 0 Å². The standard InChI is InChI=1S/C17H21N5O/c1-21-10-19-7-15(21)13-8-22(9-14(13)18)17(23)12-3-2-6-20-16(12)11-4-5-11/h2-3,6-7,10-11,13-14H,4-5,8-9,18H2,1H3/t13-,14-/m1/s1. The van der Waals surface area contributed by atoms with E-state index >= 15 is 0 Å². The largest absolute Gasteiger partial charge is 0.337 e. The molecular formula is C17H21N5O. The minimum atomic E-state index is -0.0598. The number of aromatic nitrogens is 3. The normalized spacial score (nSPS) is 24.2. The summed E-state index contributed by atoms with van der Waals surface area (Å²) >= 11 is 0. The summed E-state index contributed by atoms with van der Waals surface area (Å²) in [5.41, 5.74) is 9.09. The van der Waals surface area contributed by atoms with Crippen molar-refractivity contribution >= 4 is 5.91 Å². The number of imidazole rings is 1. The smallest absolute Gasteiger partial charge is 0.255 e. The first kappa shape index (κ1) is 14.4. The Kier molecular flexibility index (Phi) is 3.41. The molecule has 2 atom stereocenters. The second-order valence-electron chi connectivity index (χ2n) is 6.62. The van der Waals surface area contributed by atoms with Crippen molar-refractivity contribution in [3.8, 4) is 0 Å². The van der Waals surface area contributed by atoms with Crippen LogP contribution in [-0.2, 0) is 7.05 Å². The molecule has 0 aromatic carbocycles. The number of likely N-dealkylation sites (tertiary alicyclic amines) is 1. The van der Waals surface area contributed by atoms with Gasteiger partial charge in [-0.05, 0) is 25.0 Å². The van der Waals surface area contributed by atoms with Gasteiger partial charge >= 0.3 is 0 Å². The maximum absolute atomic E-state index is 13.0. The first-order valence-electron chi connectivity index (χ1n) is 8.11. The van der Waals surface area contributed by atoms with Gasteiger partial charge in [0.25, 0.3) is 5.91 Å². The Morgan fingerprint density at radius 2 is 2.17 bits per heavy atom. The lowest BCUT2D eigenvalue weighted by Crippen LogP contribution is -2.32.